The SMILES string of the molecule is N#C/C(c1cc(C(F)(F)F)nc(C(F)(F)F)c1)=c1\cc(C#N)/c(=C(\C#N)c2cc(C(F)(F)F)nc(C(F)(F)F)c2)c(C#N)c1C#N. The summed E-state index contributed by atoms with van der Waals surface area (Å²) in [6.07, 6.45) is -22.0. The van der Waals surface area contributed by atoms with E-state index in [2.05, 4.69) is 9.97 Å². The summed E-state index contributed by atoms with van der Waals surface area (Å²) in [7, 11) is 0. The van der Waals surface area contributed by atoms with Crippen LogP contribution in [-0.2, 0) is 24.7 Å². The van der Waals surface area contributed by atoms with Gasteiger partial charge in [-0.3, -0.25) is 0 Å². The summed E-state index contributed by atoms with van der Waals surface area (Å²) in [5, 5.41) is 47.0. The van der Waals surface area contributed by atoms with Crippen LogP contribution in [0.15, 0.2) is 30.3 Å². The largest absolute Gasteiger partial charge is 0.433 e. The second-order valence-corrected chi connectivity index (χ2v) is 8.65. The molecular formula is C27H5F12N7. The highest BCUT2D eigenvalue weighted by Crippen LogP contribution is 2.36. The Balaban J connectivity index is 2.69. The van der Waals surface area contributed by atoms with E-state index in [4.69, 9.17) is 0 Å². The molecule has 0 radical (unpaired) electrons. The van der Waals surface area contributed by atoms with Crippen LogP contribution in [0.1, 0.15) is 50.6 Å². The fourth-order valence-corrected chi connectivity index (χ4v) is 3.93. The Morgan fingerprint density at radius 2 is 0.826 bits per heavy atom. The van der Waals surface area contributed by atoms with Crippen LogP contribution in [0.4, 0.5) is 52.7 Å². The van der Waals surface area contributed by atoms with Gasteiger partial charge in [0, 0.05) is 10.4 Å². The minimum absolute atomic E-state index is 0.0118. The number of aromatic nitrogens is 2. The van der Waals surface area contributed by atoms with Gasteiger partial charge in [-0.25, -0.2) is 9.97 Å². The minimum Gasteiger partial charge on any atom is -0.239 e. The highest BCUT2D eigenvalue weighted by Gasteiger charge is 2.40. The lowest BCUT2D eigenvalue weighted by atomic mass is 9.91. The molecule has 0 aliphatic rings. The average Bonchev–Trinajstić information content (AvgIpc) is 2.95. The molecular weight excluding hydrogens is 650 g/mol. The Morgan fingerprint density at radius 3 is 1.11 bits per heavy atom. The number of nitrogens with zero attached hydrogens (tertiary/aromatic N) is 7. The van der Waals surface area contributed by atoms with Crippen molar-refractivity contribution in [3.05, 3.63) is 91.4 Å². The Bertz CT molecular complexity index is 2040. The first-order valence-electron chi connectivity index (χ1n) is 11.4. The third-order valence-electron chi connectivity index (χ3n) is 5.80. The fraction of sp³-hybridized carbons (Fsp3) is 0.148. The van der Waals surface area contributed by atoms with Crippen LogP contribution in [0.5, 0.6) is 0 Å². The number of alkyl halides is 12. The fourth-order valence-electron chi connectivity index (χ4n) is 3.93. The van der Waals surface area contributed by atoms with E-state index in [1.165, 1.54) is 30.3 Å². The van der Waals surface area contributed by atoms with Gasteiger partial charge in [-0.15, -0.1) is 0 Å². The summed E-state index contributed by atoms with van der Waals surface area (Å²) >= 11 is 0. The maximum atomic E-state index is 13.4. The molecule has 7 nitrogen and oxygen atoms in total. The Morgan fingerprint density at radius 1 is 0.478 bits per heavy atom. The highest BCUT2D eigenvalue weighted by molar-refractivity contribution is 5.82. The lowest BCUT2D eigenvalue weighted by molar-refractivity contribution is -0.151. The number of nitriles is 5. The van der Waals surface area contributed by atoms with Crippen molar-refractivity contribution in [2.75, 3.05) is 0 Å². The van der Waals surface area contributed by atoms with E-state index in [0.717, 1.165) is 0 Å². The minimum atomic E-state index is -5.51. The average molecular weight is 655 g/mol. The van der Waals surface area contributed by atoms with Gasteiger partial charge in [0.15, 0.2) is 0 Å². The maximum Gasteiger partial charge on any atom is 0.433 e. The smallest absolute Gasteiger partial charge is 0.239 e. The Kier molecular flexibility index (Phi) is 8.78. The van der Waals surface area contributed by atoms with Crippen molar-refractivity contribution < 1.29 is 52.7 Å². The van der Waals surface area contributed by atoms with E-state index in [1.807, 2.05) is 0 Å². The number of pyridine rings is 2. The van der Waals surface area contributed by atoms with Crippen molar-refractivity contribution >= 4 is 11.1 Å². The van der Waals surface area contributed by atoms with Crippen molar-refractivity contribution in [2.45, 2.75) is 24.7 Å². The molecule has 3 rings (SSSR count). The molecule has 0 bridgehead atoms. The topological polar surface area (TPSA) is 145 Å². The molecule has 46 heavy (non-hydrogen) atoms. The second kappa shape index (κ2) is 11.8. The van der Waals surface area contributed by atoms with E-state index in [1.54, 1.807) is 0 Å². The van der Waals surface area contributed by atoms with E-state index in [-0.39, 0.29) is 24.3 Å². The summed E-state index contributed by atoms with van der Waals surface area (Å²) in [6.45, 7) is 0. The van der Waals surface area contributed by atoms with Gasteiger partial charge in [-0.05, 0) is 41.5 Å². The van der Waals surface area contributed by atoms with Gasteiger partial charge in [0.05, 0.1) is 33.9 Å². The van der Waals surface area contributed by atoms with Gasteiger partial charge in [0.1, 0.15) is 47.1 Å². The molecule has 0 aliphatic carbocycles. The van der Waals surface area contributed by atoms with E-state index < -0.39 is 96.9 Å². The molecule has 2 heterocycles. The van der Waals surface area contributed by atoms with Gasteiger partial charge in [-0.1, -0.05) is 0 Å². The number of halogens is 12. The molecule has 0 fully saturated rings. The quantitative estimate of drug-likeness (QED) is 0.326. The molecule has 3 aromatic rings. The van der Waals surface area contributed by atoms with Gasteiger partial charge < -0.3 is 0 Å². The third-order valence-corrected chi connectivity index (χ3v) is 5.80. The van der Waals surface area contributed by atoms with Crippen LogP contribution in [0.25, 0.3) is 11.1 Å². The normalized spacial score (nSPS) is 13.4. The summed E-state index contributed by atoms with van der Waals surface area (Å²) in [6, 6.07) is 6.86. The summed E-state index contributed by atoms with van der Waals surface area (Å²) < 4.78 is 161. The molecule has 0 unspecified atom stereocenters. The molecule has 0 N–H and O–H groups in total. The van der Waals surface area contributed by atoms with Gasteiger partial charge in [0.25, 0.3) is 0 Å². The van der Waals surface area contributed by atoms with Crippen molar-refractivity contribution in [2.24, 2.45) is 0 Å². The van der Waals surface area contributed by atoms with Crippen LogP contribution < -0.4 is 10.4 Å². The molecule has 0 atom stereocenters. The zero-order valence-corrected chi connectivity index (χ0v) is 21.6. The van der Waals surface area contributed by atoms with Gasteiger partial charge in [-0.2, -0.15) is 79.0 Å². The summed E-state index contributed by atoms with van der Waals surface area (Å²) in [4.78, 5) is 4.96. The molecule has 232 valence electrons. The Hall–Kier alpha value is -6.13. The lowest BCUT2D eigenvalue weighted by Crippen LogP contribution is -2.27. The molecule has 1 aromatic carbocycles. The van der Waals surface area contributed by atoms with Crippen LogP contribution in [0.3, 0.4) is 0 Å². The van der Waals surface area contributed by atoms with Gasteiger partial charge in [0.2, 0.25) is 0 Å². The first kappa shape index (κ1) is 34.4. The molecule has 0 saturated carbocycles. The predicted molar refractivity (Wildman–Crippen MR) is 125 cm³/mol. The second-order valence-electron chi connectivity index (χ2n) is 8.65. The number of hydrogen-bond donors (Lipinski definition) is 0. The van der Waals surface area contributed by atoms with Crippen molar-refractivity contribution in [1.82, 2.24) is 9.97 Å². The first-order valence-corrected chi connectivity index (χ1v) is 11.4. The standard InChI is InChI=1S/C27H5F12N7/c28-24(29,30)19-2-11(3-20(45-19)25(31,32)33)15(7-41)14-1-13(6-40)23(18(10-44)17(14)9-43)16(8-42)12-4-21(26(34,35)36)46-22(5-12)27(37,38)39/h1-5H/b15-14-,23-16-. The summed E-state index contributed by atoms with van der Waals surface area (Å²) in [5.74, 6) is 0. The number of hydrogen-bond acceptors (Lipinski definition) is 7. The number of benzene rings is 1. The van der Waals surface area contributed by atoms with Crippen molar-refractivity contribution in [1.29, 1.82) is 26.3 Å². The first-order chi connectivity index (χ1) is 21.1. The molecule has 0 aliphatic heterocycles. The van der Waals surface area contributed by atoms with Crippen LogP contribution in [0.2, 0.25) is 0 Å². The van der Waals surface area contributed by atoms with Crippen LogP contribution >= 0.6 is 0 Å². The molecule has 19 heteroatoms. The van der Waals surface area contributed by atoms with Crippen LogP contribution in [-0.4, -0.2) is 9.97 Å². The van der Waals surface area contributed by atoms with E-state index in [0.29, 0.717) is 6.07 Å². The monoisotopic (exact) mass is 655 g/mol. The zero-order chi connectivity index (χ0) is 35.0. The summed E-state index contributed by atoms with van der Waals surface area (Å²) in [5.41, 5.74) is -16.5. The maximum absolute atomic E-state index is 13.4. The molecule has 0 amide bonds. The zero-order valence-electron chi connectivity index (χ0n) is 21.6. The molecule has 0 saturated heterocycles. The van der Waals surface area contributed by atoms with E-state index >= 15 is 0 Å². The van der Waals surface area contributed by atoms with Gasteiger partial charge >= 0.3 is 24.7 Å². The van der Waals surface area contributed by atoms with Crippen molar-refractivity contribution in [3.8, 4) is 30.3 Å². The third kappa shape index (κ3) is 6.67. The molecule has 0 spiro atoms. The van der Waals surface area contributed by atoms with E-state index in [9.17, 15) is 79.0 Å². The Labute approximate surface area is 247 Å². The predicted octanol–water partition coefficient (Wildman–Crippen LogP) is 5.61. The molecule has 2 aromatic heterocycles. The number of rotatable bonds is 2. The lowest BCUT2D eigenvalue weighted by Gasteiger charge is -2.14. The highest BCUT2D eigenvalue weighted by atomic mass is 19.4. The van der Waals surface area contributed by atoms with Crippen molar-refractivity contribution in [3.63, 3.8) is 0 Å². The van der Waals surface area contributed by atoms with Crippen LogP contribution in [0, 0.1) is 56.7 Å².